The van der Waals surface area contributed by atoms with Crippen LogP contribution in [0.15, 0.2) is 18.2 Å². The topological polar surface area (TPSA) is 52.5 Å². The van der Waals surface area contributed by atoms with Gasteiger partial charge in [0.05, 0.1) is 6.10 Å². The second-order valence-corrected chi connectivity index (χ2v) is 4.82. The SMILES string of the molecule is OC(CCCl)C(O)c1ccc2c(c1)CCNC2. The Balaban J connectivity index is 2.15. The summed E-state index contributed by atoms with van der Waals surface area (Å²) in [5.74, 6) is 0.354. The number of fused-ring (bicyclic) bond motifs is 1. The van der Waals surface area contributed by atoms with Crippen LogP contribution in [-0.4, -0.2) is 28.7 Å². The third-order valence-corrected chi connectivity index (χ3v) is 3.45. The molecule has 0 fully saturated rings. The molecule has 3 nitrogen and oxygen atoms in total. The number of rotatable bonds is 4. The largest absolute Gasteiger partial charge is 0.390 e. The van der Waals surface area contributed by atoms with Gasteiger partial charge in [-0.05, 0) is 36.1 Å². The Morgan fingerprint density at radius 3 is 2.88 bits per heavy atom. The first-order valence-electron chi connectivity index (χ1n) is 5.97. The lowest BCUT2D eigenvalue weighted by Crippen LogP contribution is -2.24. The molecule has 2 rings (SSSR count). The van der Waals surface area contributed by atoms with Gasteiger partial charge in [0, 0.05) is 12.4 Å². The van der Waals surface area contributed by atoms with E-state index in [1.165, 1.54) is 11.1 Å². The molecule has 3 N–H and O–H groups in total. The van der Waals surface area contributed by atoms with Crippen molar-refractivity contribution in [3.8, 4) is 0 Å². The van der Waals surface area contributed by atoms with Crippen molar-refractivity contribution < 1.29 is 10.2 Å². The quantitative estimate of drug-likeness (QED) is 0.712. The molecule has 1 aliphatic heterocycles. The normalized spacial score (nSPS) is 18.5. The molecule has 0 spiro atoms. The van der Waals surface area contributed by atoms with Crippen LogP contribution in [0.5, 0.6) is 0 Å². The highest BCUT2D eigenvalue weighted by Crippen LogP contribution is 2.23. The minimum Gasteiger partial charge on any atom is -0.390 e. The number of halogens is 1. The fourth-order valence-corrected chi connectivity index (χ4v) is 2.40. The summed E-state index contributed by atoms with van der Waals surface area (Å²) >= 11 is 5.56. The lowest BCUT2D eigenvalue weighted by molar-refractivity contribution is 0.0169. The maximum atomic E-state index is 10.00. The summed E-state index contributed by atoms with van der Waals surface area (Å²) < 4.78 is 0. The van der Waals surface area contributed by atoms with Crippen LogP contribution in [0.4, 0.5) is 0 Å². The zero-order valence-corrected chi connectivity index (χ0v) is 10.5. The molecule has 2 atom stereocenters. The Bertz CT molecular complexity index is 384. The average molecular weight is 256 g/mol. The van der Waals surface area contributed by atoms with Crippen molar-refractivity contribution in [3.05, 3.63) is 34.9 Å². The highest BCUT2D eigenvalue weighted by atomic mass is 35.5. The molecule has 4 heteroatoms. The van der Waals surface area contributed by atoms with Gasteiger partial charge in [-0.3, -0.25) is 0 Å². The third-order valence-electron chi connectivity index (χ3n) is 3.23. The van der Waals surface area contributed by atoms with Gasteiger partial charge in [-0.15, -0.1) is 11.6 Å². The highest BCUT2D eigenvalue weighted by Gasteiger charge is 2.19. The minimum atomic E-state index is -0.839. The molecular weight excluding hydrogens is 238 g/mol. The predicted molar refractivity (Wildman–Crippen MR) is 68.2 cm³/mol. The number of hydrogen-bond acceptors (Lipinski definition) is 3. The maximum absolute atomic E-state index is 10.00. The Morgan fingerprint density at radius 1 is 1.29 bits per heavy atom. The number of aliphatic hydroxyl groups excluding tert-OH is 2. The van der Waals surface area contributed by atoms with Crippen LogP contribution in [0.25, 0.3) is 0 Å². The molecule has 0 aromatic heterocycles. The summed E-state index contributed by atoms with van der Waals surface area (Å²) in [6, 6.07) is 5.90. The molecule has 0 bridgehead atoms. The zero-order chi connectivity index (χ0) is 12.3. The molecule has 0 saturated carbocycles. The van der Waals surface area contributed by atoms with Crippen LogP contribution < -0.4 is 5.32 Å². The number of hydrogen-bond donors (Lipinski definition) is 3. The van der Waals surface area contributed by atoms with Gasteiger partial charge in [-0.25, -0.2) is 0 Å². The van der Waals surface area contributed by atoms with Gasteiger partial charge in [0.1, 0.15) is 6.10 Å². The third kappa shape index (κ3) is 2.99. The molecule has 0 amide bonds. The molecule has 1 aromatic rings. The Morgan fingerprint density at radius 2 is 2.12 bits per heavy atom. The van der Waals surface area contributed by atoms with Gasteiger partial charge in [-0.2, -0.15) is 0 Å². The van der Waals surface area contributed by atoms with Crippen molar-refractivity contribution in [2.24, 2.45) is 0 Å². The summed E-state index contributed by atoms with van der Waals surface area (Å²) in [5, 5.41) is 23.0. The first-order valence-corrected chi connectivity index (χ1v) is 6.50. The molecule has 0 radical (unpaired) electrons. The van der Waals surface area contributed by atoms with Crippen molar-refractivity contribution in [2.45, 2.75) is 31.6 Å². The van der Waals surface area contributed by atoms with Gasteiger partial charge >= 0.3 is 0 Å². The minimum absolute atomic E-state index is 0.354. The van der Waals surface area contributed by atoms with Crippen molar-refractivity contribution in [2.75, 3.05) is 12.4 Å². The predicted octanol–water partition coefficient (Wildman–Crippen LogP) is 1.36. The van der Waals surface area contributed by atoms with Gasteiger partial charge in [-0.1, -0.05) is 18.2 Å². The number of benzene rings is 1. The maximum Gasteiger partial charge on any atom is 0.105 e. The molecule has 1 aliphatic rings. The van der Waals surface area contributed by atoms with E-state index >= 15 is 0 Å². The van der Waals surface area contributed by atoms with Crippen LogP contribution >= 0.6 is 11.6 Å². The Hall–Kier alpha value is -0.610. The summed E-state index contributed by atoms with van der Waals surface area (Å²) in [6.45, 7) is 1.85. The lowest BCUT2D eigenvalue weighted by atomic mass is 9.94. The van der Waals surface area contributed by atoms with E-state index in [2.05, 4.69) is 5.32 Å². The van der Waals surface area contributed by atoms with Crippen LogP contribution in [0, 0.1) is 0 Å². The molecule has 0 saturated heterocycles. The van der Waals surface area contributed by atoms with Crippen LogP contribution in [0.2, 0.25) is 0 Å². The van der Waals surface area contributed by atoms with E-state index in [1.807, 2.05) is 18.2 Å². The second-order valence-electron chi connectivity index (χ2n) is 4.44. The van der Waals surface area contributed by atoms with E-state index in [1.54, 1.807) is 0 Å². The van der Waals surface area contributed by atoms with Crippen LogP contribution in [0.1, 0.15) is 29.2 Å². The van der Waals surface area contributed by atoms with Gasteiger partial charge < -0.3 is 15.5 Å². The number of aliphatic hydroxyl groups is 2. The van der Waals surface area contributed by atoms with Crippen molar-refractivity contribution in [1.29, 1.82) is 0 Å². The summed E-state index contributed by atoms with van der Waals surface area (Å²) in [7, 11) is 0. The summed E-state index contributed by atoms with van der Waals surface area (Å²) in [5.41, 5.74) is 3.32. The van der Waals surface area contributed by atoms with Crippen molar-refractivity contribution in [3.63, 3.8) is 0 Å². The highest BCUT2D eigenvalue weighted by molar-refractivity contribution is 6.17. The summed E-state index contributed by atoms with van der Waals surface area (Å²) in [6.07, 6.45) is -0.246. The second kappa shape index (κ2) is 5.83. The van der Waals surface area contributed by atoms with E-state index in [9.17, 15) is 10.2 Å². The van der Waals surface area contributed by atoms with E-state index in [0.717, 1.165) is 25.1 Å². The van der Waals surface area contributed by atoms with Gasteiger partial charge in [0.25, 0.3) is 0 Å². The first kappa shape index (κ1) is 12.8. The van der Waals surface area contributed by atoms with E-state index in [4.69, 9.17) is 11.6 Å². The fraction of sp³-hybridized carbons (Fsp3) is 0.538. The van der Waals surface area contributed by atoms with Crippen LogP contribution in [0.3, 0.4) is 0 Å². The van der Waals surface area contributed by atoms with Gasteiger partial charge in [0.2, 0.25) is 0 Å². The van der Waals surface area contributed by atoms with E-state index < -0.39 is 12.2 Å². The molecule has 1 heterocycles. The number of alkyl halides is 1. The molecule has 2 unspecified atom stereocenters. The monoisotopic (exact) mass is 255 g/mol. The lowest BCUT2D eigenvalue weighted by Gasteiger charge is -2.21. The Kier molecular flexibility index (Phi) is 4.40. The molecule has 1 aromatic carbocycles. The van der Waals surface area contributed by atoms with Crippen molar-refractivity contribution in [1.82, 2.24) is 5.32 Å². The zero-order valence-electron chi connectivity index (χ0n) is 9.69. The fourth-order valence-electron chi connectivity index (χ4n) is 2.17. The van der Waals surface area contributed by atoms with E-state index in [0.29, 0.717) is 12.3 Å². The molecule has 17 heavy (non-hydrogen) atoms. The average Bonchev–Trinajstić information content (AvgIpc) is 2.37. The molecule has 0 aliphatic carbocycles. The summed E-state index contributed by atoms with van der Waals surface area (Å²) in [4.78, 5) is 0. The van der Waals surface area contributed by atoms with Crippen LogP contribution in [-0.2, 0) is 13.0 Å². The first-order chi connectivity index (χ1) is 8.22. The Labute approximate surface area is 106 Å². The van der Waals surface area contributed by atoms with Gasteiger partial charge in [0.15, 0.2) is 0 Å². The number of nitrogens with one attached hydrogen (secondary N) is 1. The smallest absolute Gasteiger partial charge is 0.105 e. The molecule has 94 valence electrons. The van der Waals surface area contributed by atoms with Crippen molar-refractivity contribution >= 4 is 11.6 Å². The van der Waals surface area contributed by atoms with E-state index in [-0.39, 0.29) is 0 Å². The molecular formula is C13H18ClNO2. The standard InChI is InChI=1S/C13H18ClNO2/c14-5-3-12(16)13(17)10-1-2-11-8-15-6-4-9(11)7-10/h1-2,7,12-13,15-17H,3-6,8H2.